The first-order valence-electron chi connectivity index (χ1n) is 12.1. The zero-order chi connectivity index (χ0) is 25.9. The van der Waals surface area contributed by atoms with Crippen molar-refractivity contribution in [1.29, 1.82) is 0 Å². The fraction of sp³-hybridized carbons (Fsp3) is 0.407. The van der Waals surface area contributed by atoms with Crippen molar-refractivity contribution in [3.63, 3.8) is 0 Å². The highest BCUT2D eigenvalue weighted by Crippen LogP contribution is 2.53. The summed E-state index contributed by atoms with van der Waals surface area (Å²) in [6.45, 7) is 5.27. The molecule has 9 heteroatoms. The van der Waals surface area contributed by atoms with E-state index in [0.717, 1.165) is 11.1 Å². The van der Waals surface area contributed by atoms with E-state index >= 15 is 0 Å². The molecule has 4 atom stereocenters. The summed E-state index contributed by atoms with van der Waals surface area (Å²) in [5.41, 5.74) is 2.93. The van der Waals surface area contributed by atoms with Crippen LogP contribution in [0.2, 0.25) is 0 Å². The molecule has 9 nitrogen and oxygen atoms in total. The molecule has 3 aromatic rings. The zero-order valence-electron chi connectivity index (χ0n) is 21.1. The van der Waals surface area contributed by atoms with Crippen molar-refractivity contribution >= 4 is 34.4 Å². The molecule has 2 N–H and O–H groups in total. The maximum Gasteiger partial charge on any atom is 0.337 e. The predicted molar refractivity (Wildman–Crippen MR) is 139 cm³/mol. The molecule has 0 spiro atoms. The number of carboxylic acids is 1. The van der Waals surface area contributed by atoms with Crippen LogP contribution in [0.1, 0.15) is 34.5 Å². The number of carboxylic acid groups (broad SMARTS) is 1. The number of amides is 1. The van der Waals surface area contributed by atoms with Gasteiger partial charge in [0.25, 0.3) is 5.56 Å². The average molecular weight is 490 g/mol. The summed E-state index contributed by atoms with van der Waals surface area (Å²) >= 11 is 0. The third kappa shape index (κ3) is 3.88. The molecule has 1 aliphatic heterocycles. The molecule has 0 bridgehead atoms. The lowest BCUT2D eigenvalue weighted by atomic mass is 10.0. The minimum atomic E-state index is -1.01. The van der Waals surface area contributed by atoms with E-state index in [1.54, 1.807) is 54.9 Å². The van der Waals surface area contributed by atoms with Gasteiger partial charge in [0, 0.05) is 51.4 Å². The Bertz CT molecular complexity index is 1430. The van der Waals surface area contributed by atoms with Crippen LogP contribution in [0, 0.1) is 24.7 Å². The van der Waals surface area contributed by atoms with Gasteiger partial charge in [-0.25, -0.2) is 9.78 Å². The van der Waals surface area contributed by atoms with Crippen LogP contribution in [0.5, 0.6) is 0 Å². The van der Waals surface area contributed by atoms with Gasteiger partial charge in [-0.2, -0.15) is 0 Å². The SMILES string of the molecule is Cc1cc(C(C)Nc2ccccc2C(=O)O)c2nc(N3C[C@@H]4C(C(=O)N(C)C)[C@@H]4C3)n(C)c(=O)c2c1. The Kier molecular flexibility index (Phi) is 5.73. The molecule has 2 aliphatic rings. The second-order valence-electron chi connectivity index (χ2n) is 10.2. The largest absolute Gasteiger partial charge is 0.478 e. The Morgan fingerprint density at radius 1 is 1.17 bits per heavy atom. The summed E-state index contributed by atoms with van der Waals surface area (Å²) in [6, 6.07) is 10.3. The predicted octanol–water partition coefficient (Wildman–Crippen LogP) is 2.88. The van der Waals surface area contributed by atoms with Crippen molar-refractivity contribution in [2.75, 3.05) is 37.4 Å². The Morgan fingerprint density at radius 3 is 2.47 bits per heavy atom. The molecule has 36 heavy (non-hydrogen) atoms. The van der Waals surface area contributed by atoms with Crippen molar-refractivity contribution in [3.05, 3.63) is 63.4 Å². The number of aryl methyl sites for hydroxylation is 1. The number of fused-ring (bicyclic) bond motifs is 2. The van der Waals surface area contributed by atoms with Gasteiger partial charge in [-0.3, -0.25) is 14.2 Å². The van der Waals surface area contributed by atoms with Gasteiger partial charge >= 0.3 is 5.97 Å². The highest BCUT2D eigenvalue weighted by molar-refractivity contribution is 5.94. The fourth-order valence-corrected chi connectivity index (χ4v) is 5.61. The first kappa shape index (κ1) is 23.8. The lowest BCUT2D eigenvalue weighted by molar-refractivity contribution is -0.130. The van der Waals surface area contributed by atoms with Gasteiger partial charge in [-0.1, -0.05) is 18.2 Å². The first-order chi connectivity index (χ1) is 17.1. The van der Waals surface area contributed by atoms with Gasteiger partial charge in [-0.05, 0) is 49.4 Å². The number of nitrogens with one attached hydrogen (secondary N) is 1. The van der Waals surface area contributed by atoms with E-state index in [1.807, 2.05) is 26.0 Å². The van der Waals surface area contributed by atoms with Crippen molar-refractivity contribution in [2.24, 2.45) is 24.8 Å². The van der Waals surface area contributed by atoms with Crippen molar-refractivity contribution in [3.8, 4) is 0 Å². The number of carbonyl (C=O) groups excluding carboxylic acids is 1. The van der Waals surface area contributed by atoms with Crippen LogP contribution in [0.4, 0.5) is 11.6 Å². The zero-order valence-corrected chi connectivity index (χ0v) is 21.1. The van der Waals surface area contributed by atoms with Crippen LogP contribution in [0.25, 0.3) is 10.9 Å². The van der Waals surface area contributed by atoms with Crippen molar-refractivity contribution in [1.82, 2.24) is 14.5 Å². The second-order valence-corrected chi connectivity index (χ2v) is 10.2. The monoisotopic (exact) mass is 489 g/mol. The normalized spacial score (nSPS) is 21.2. The number of benzene rings is 2. The van der Waals surface area contributed by atoms with Gasteiger partial charge in [-0.15, -0.1) is 0 Å². The molecule has 5 rings (SSSR count). The molecule has 2 heterocycles. The topological polar surface area (TPSA) is 108 Å². The minimum absolute atomic E-state index is 0.0606. The van der Waals surface area contributed by atoms with Gasteiger partial charge in [0.2, 0.25) is 11.9 Å². The standard InChI is InChI=1S/C27H31N5O4/c1-14-10-17(15(2)28-21-9-7-6-8-16(21)26(35)36)23-18(11-14)24(33)31(5)27(29-23)32-12-19-20(13-32)22(19)25(34)30(3)4/h6-11,15,19-20,22,28H,12-13H2,1-5H3,(H,35,36)/t15?,19-,20+,22?. The Hall–Kier alpha value is -3.88. The first-order valence-corrected chi connectivity index (χ1v) is 12.1. The lowest BCUT2D eigenvalue weighted by Gasteiger charge is -2.25. The average Bonchev–Trinajstić information content (AvgIpc) is 3.33. The maximum atomic E-state index is 13.4. The lowest BCUT2D eigenvalue weighted by Crippen LogP contribution is -2.35. The number of aromatic nitrogens is 2. The van der Waals surface area contributed by atoms with Crippen LogP contribution in [0.15, 0.2) is 41.2 Å². The summed E-state index contributed by atoms with van der Waals surface area (Å²) in [6.07, 6.45) is 0. The molecule has 2 fully saturated rings. The fourth-order valence-electron chi connectivity index (χ4n) is 5.61. The summed E-state index contributed by atoms with van der Waals surface area (Å²) in [5.74, 6) is 0.400. The van der Waals surface area contributed by atoms with Crippen LogP contribution >= 0.6 is 0 Å². The van der Waals surface area contributed by atoms with Crippen LogP contribution < -0.4 is 15.8 Å². The number of hydrogen-bond acceptors (Lipinski definition) is 6. The smallest absolute Gasteiger partial charge is 0.337 e. The molecule has 2 aromatic carbocycles. The number of carbonyl (C=O) groups is 2. The van der Waals surface area contributed by atoms with Gasteiger partial charge in [0.15, 0.2) is 0 Å². The highest BCUT2D eigenvalue weighted by atomic mass is 16.4. The van der Waals surface area contributed by atoms with Gasteiger partial charge in [0.05, 0.1) is 22.5 Å². The third-order valence-electron chi connectivity index (χ3n) is 7.53. The summed E-state index contributed by atoms with van der Waals surface area (Å²) in [5, 5.41) is 13.4. The maximum absolute atomic E-state index is 13.4. The van der Waals surface area contributed by atoms with Crippen LogP contribution in [-0.4, -0.2) is 58.6 Å². The summed E-state index contributed by atoms with van der Waals surface area (Å²) < 4.78 is 1.59. The molecule has 188 valence electrons. The van der Waals surface area contributed by atoms with E-state index in [0.29, 0.717) is 35.6 Å². The highest BCUT2D eigenvalue weighted by Gasteiger charge is 2.60. The number of anilines is 2. The van der Waals surface area contributed by atoms with E-state index < -0.39 is 5.97 Å². The number of aromatic carboxylic acids is 1. The Labute approximate surface area is 209 Å². The molecular weight excluding hydrogens is 458 g/mol. The van der Waals surface area contributed by atoms with E-state index in [4.69, 9.17) is 4.98 Å². The van der Waals surface area contributed by atoms with Crippen molar-refractivity contribution < 1.29 is 14.7 Å². The molecule has 1 aliphatic carbocycles. The summed E-state index contributed by atoms with van der Waals surface area (Å²) in [4.78, 5) is 46.3. The molecule has 1 aromatic heterocycles. The van der Waals surface area contributed by atoms with Crippen LogP contribution in [0.3, 0.4) is 0 Å². The number of hydrogen-bond donors (Lipinski definition) is 2. The van der Waals surface area contributed by atoms with E-state index in [-0.39, 0.29) is 40.8 Å². The number of piperidine rings is 1. The number of para-hydroxylation sites is 1. The molecule has 1 saturated heterocycles. The van der Waals surface area contributed by atoms with Crippen LogP contribution in [-0.2, 0) is 11.8 Å². The number of nitrogens with zero attached hydrogens (tertiary/aromatic N) is 4. The Morgan fingerprint density at radius 2 is 1.83 bits per heavy atom. The quantitative estimate of drug-likeness (QED) is 0.548. The van der Waals surface area contributed by atoms with Gasteiger partial charge in [0.1, 0.15) is 0 Å². The molecular formula is C27H31N5O4. The molecule has 0 radical (unpaired) electrons. The Balaban J connectivity index is 1.51. The van der Waals surface area contributed by atoms with E-state index in [2.05, 4.69) is 10.2 Å². The van der Waals surface area contributed by atoms with Crippen molar-refractivity contribution in [2.45, 2.75) is 19.9 Å². The minimum Gasteiger partial charge on any atom is -0.478 e. The van der Waals surface area contributed by atoms with Gasteiger partial charge < -0.3 is 20.2 Å². The molecule has 2 unspecified atom stereocenters. The second kappa shape index (κ2) is 8.65. The number of rotatable bonds is 6. The third-order valence-corrected chi connectivity index (χ3v) is 7.53. The molecule has 1 saturated carbocycles. The van der Waals surface area contributed by atoms with E-state index in [9.17, 15) is 19.5 Å². The molecule has 1 amide bonds. The van der Waals surface area contributed by atoms with E-state index in [1.165, 1.54) is 0 Å². The summed E-state index contributed by atoms with van der Waals surface area (Å²) in [7, 11) is 5.32.